The topological polar surface area (TPSA) is 66.0 Å². The van der Waals surface area contributed by atoms with Crippen molar-refractivity contribution in [2.45, 2.75) is 25.4 Å². The van der Waals surface area contributed by atoms with E-state index in [1.807, 2.05) is 10.9 Å². The van der Waals surface area contributed by atoms with Crippen LogP contribution < -0.4 is 5.73 Å². The van der Waals surface area contributed by atoms with Gasteiger partial charge in [0.1, 0.15) is 0 Å². The van der Waals surface area contributed by atoms with Gasteiger partial charge in [-0.3, -0.25) is 0 Å². The SMILES string of the molecule is NCc1cn(C2CCOCC2)nn1. The summed E-state index contributed by atoms with van der Waals surface area (Å²) in [4.78, 5) is 0. The van der Waals surface area contributed by atoms with E-state index < -0.39 is 0 Å². The van der Waals surface area contributed by atoms with E-state index in [4.69, 9.17) is 10.5 Å². The van der Waals surface area contributed by atoms with Crippen LogP contribution in [0, 0.1) is 0 Å². The third-order valence-electron chi connectivity index (χ3n) is 2.33. The Bertz CT molecular complexity index is 267. The largest absolute Gasteiger partial charge is 0.381 e. The third-order valence-corrected chi connectivity index (χ3v) is 2.33. The van der Waals surface area contributed by atoms with Crippen molar-refractivity contribution < 1.29 is 4.74 Å². The molecule has 72 valence electrons. The minimum Gasteiger partial charge on any atom is -0.381 e. The monoisotopic (exact) mass is 182 g/mol. The van der Waals surface area contributed by atoms with Gasteiger partial charge in [0.15, 0.2) is 0 Å². The van der Waals surface area contributed by atoms with Gasteiger partial charge in [0.05, 0.1) is 17.9 Å². The Morgan fingerprint density at radius 1 is 1.54 bits per heavy atom. The summed E-state index contributed by atoms with van der Waals surface area (Å²) in [6.07, 6.45) is 3.97. The van der Waals surface area contributed by atoms with Crippen molar-refractivity contribution in [2.75, 3.05) is 13.2 Å². The lowest BCUT2D eigenvalue weighted by Gasteiger charge is -2.21. The first-order valence-electron chi connectivity index (χ1n) is 4.58. The Kier molecular flexibility index (Phi) is 2.56. The van der Waals surface area contributed by atoms with Crippen LogP contribution in [0.3, 0.4) is 0 Å². The van der Waals surface area contributed by atoms with Crippen LogP contribution in [0.25, 0.3) is 0 Å². The zero-order chi connectivity index (χ0) is 9.10. The summed E-state index contributed by atoms with van der Waals surface area (Å²) in [6, 6.07) is 0.446. The van der Waals surface area contributed by atoms with Crippen molar-refractivity contribution in [3.8, 4) is 0 Å². The highest BCUT2D eigenvalue weighted by Gasteiger charge is 2.16. The third kappa shape index (κ3) is 1.87. The molecule has 1 aliphatic rings. The molecule has 5 nitrogen and oxygen atoms in total. The van der Waals surface area contributed by atoms with Crippen molar-refractivity contribution in [2.24, 2.45) is 5.73 Å². The molecule has 2 N–H and O–H groups in total. The van der Waals surface area contributed by atoms with Crippen molar-refractivity contribution in [3.63, 3.8) is 0 Å². The fourth-order valence-corrected chi connectivity index (χ4v) is 1.54. The quantitative estimate of drug-likeness (QED) is 0.703. The first kappa shape index (κ1) is 8.65. The standard InChI is InChI=1S/C8H14N4O/c9-5-7-6-12(11-10-7)8-1-3-13-4-2-8/h6,8H,1-5,9H2. The normalized spacial score (nSPS) is 19.2. The van der Waals surface area contributed by atoms with Gasteiger partial charge in [0.2, 0.25) is 0 Å². The van der Waals surface area contributed by atoms with Gasteiger partial charge < -0.3 is 10.5 Å². The van der Waals surface area contributed by atoms with Gasteiger partial charge in [-0.1, -0.05) is 5.21 Å². The molecule has 13 heavy (non-hydrogen) atoms. The molecule has 1 saturated heterocycles. The molecule has 1 aliphatic heterocycles. The molecular weight excluding hydrogens is 168 g/mol. The van der Waals surface area contributed by atoms with Crippen molar-refractivity contribution >= 4 is 0 Å². The smallest absolute Gasteiger partial charge is 0.0962 e. The number of hydrogen-bond acceptors (Lipinski definition) is 4. The van der Waals surface area contributed by atoms with E-state index in [-0.39, 0.29) is 0 Å². The van der Waals surface area contributed by atoms with E-state index >= 15 is 0 Å². The number of rotatable bonds is 2. The Hall–Kier alpha value is -0.940. The highest BCUT2D eigenvalue weighted by atomic mass is 16.5. The summed E-state index contributed by atoms with van der Waals surface area (Å²) in [6.45, 7) is 2.11. The summed E-state index contributed by atoms with van der Waals surface area (Å²) in [5.74, 6) is 0. The fraction of sp³-hybridized carbons (Fsp3) is 0.750. The van der Waals surface area contributed by atoms with Crippen LogP contribution in [0.1, 0.15) is 24.6 Å². The predicted molar refractivity (Wildman–Crippen MR) is 47.0 cm³/mol. The number of nitrogens with zero attached hydrogens (tertiary/aromatic N) is 3. The van der Waals surface area contributed by atoms with Crippen molar-refractivity contribution in [1.29, 1.82) is 0 Å². The predicted octanol–water partition coefficient (Wildman–Crippen LogP) is 0.0883. The Morgan fingerprint density at radius 3 is 2.92 bits per heavy atom. The first-order valence-corrected chi connectivity index (χ1v) is 4.58. The molecule has 1 aromatic rings. The molecule has 2 rings (SSSR count). The van der Waals surface area contributed by atoms with Gasteiger partial charge in [0.25, 0.3) is 0 Å². The number of nitrogens with two attached hydrogens (primary N) is 1. The molecule has 0 atom stereocenters. The molecule has 0 radical (unpaired) electrons. The van der Waals surface area contributed by atoms with Crippen molar-refractivity contribution in [3.05, 3.63) is 11.9 Å². The molecule has 1 fully saturated rings. The van der Waals surface area contributed by atoms with Crippen molar-refractivity contribution in [1.82, 2.24) is 15.0 Å². The van der Waals surface area contributed by atoms with Gasteiger partial charge in [-0.2, -0.15) is 0 Å². The minimum atomic E-state index is 0.446. The van der Waals surface area contributed by atoms with E-state index in [1.54, 1.807) is 0 Å². The highest BCUT2D eigenvalue weighted by molar-refractivity contribution is 4.92. The van der Waals surface area contributed by atoms with Gasteiger partial charge in [-0.05, 0) is 12.8 Å². The van der Waals surface area contributed by atoms with Gasteiger partial charge in [0, 0.05) is 19.8 Å². The van der Waals surface area contributed by atoms with Crippen LogP contribution in [0.15, 0.2) is 6.20 Å². The summed E-state index contributed by atoms with van der Waals surface area (Å²) in [7, 11) is 0. The molecule has 5 heteroatoms. The lowest BCUT2D eigenvalue weighted by molar-refractivity contribution is 0.0657. The molecule has 0 saturated carbocycles. The maximum Gasteiger partial charge on any atom is 0.0962 e. The zero-order valence-electron chi connectivity index (χ0n) is 7.52. The second-order valence-corrected chi connectivity index (χ2v) is 3.24. The molecule has 0 spiro atoms. The van der Waals surface area contributed by atoms with Gasteiger partial charge in [-0.25, -0.2) is 4.68 Å². The fourth-order valence-electron chi connectivity index (χ4n) is 1.54. The summed E-state index contributed by atoms with van der Waals surface area (Å²) < 4.78 is 7.18. The average Bonchev–Trinajstić information content (AvgIpc) is 2.67. The van der Waals surface area contributed by atoms with E-state index in [0.29, 0.717) is 12.6 Å². The first-order chi connectivity index (χ1) is 6.40. The maximum atomic E-state index is 5.45. The van der Waals surface area contributed by atoms with Crippen LogP contribution in [-0.2, 0) is 11.3 Å². The van der Waals surface area contributed by atoms with Crippen LogP contribution >= 0.6 is 0 Å². The lowest BCUT2D eigenvalue weighted by atomic mass is 10.1. The Labute approximate surface area is 76.9 Å². The van der Waals surface area contributed by atoms with E-state index in [1.165, 1.54) is 0 Å². The molecular formula is C8H14N4O. The molecule has 1 aromatic heterocycles. The van der Waals surface area contributed by atoms with Crippen LogP contribution in [-0.4, -0.2) is 28.2 Å². The van der Waals surface area contributed by atoms with Crippen LogP contribution in [0.5, 0.6) is 0 Å². The molecule has 0 amide bonds. The summed E-state index contributed by atoms with van der Waals surface area (Å²) >= 11 is 0. The second kappa shape index (κ2) is 3.85. The minimum absolute atomic E-state index is 0.446. The van der Waals surface area contributed by atoms with Gasteiger partial charge >= 0.3 is 0 Å². The number of hydrogen-bond donors (Lipinski definition) is 1. The van der Waals surface area contributed by atoms with E-state index in [0.717, 1.165) is 31.7 Å². The second-order valence-electron chi connectivity index (χ2n) is 3.24. The average molecular weight is 182 g/mol. The summed E-state index contributed by atoms with van der Waals surface area (Å²) in [5.41, 5.74) is 6.31. The van der Waals surface area contributed by atoms with E-state index in [9.17, 15) is 0 Å². The summed E-state index contributed by atoms with van der Waals surface area (Å²) in [5, 5.41) is 8.00. The van der Waals surface area contributed by atoms with Crippen LogP contribution in [0.4, 0.5) is 0 Å². The molecule has 0 aromatic carbocycles. The maximum absolute atomic E-state index is 5.45. The molecule has 0 unspecified atom stereocenters. The molecule has 0 bridgehead atoms. The number of aromatic nitrogens is 3. The van der Waals surface area contributed by atoms with Gasteiger partial charge in [-0.15, -0.1) is 5.10 Å². The van der Waals surface area contributed by atoms with E-state index in [2.05, 4.69) is 10.3 Å². The Balaban J connectivity index is 2.05. The number of ether oxygens (including phenoxy) is 1. The lowest BCUT2D eigenvalue weighted by Crippen LogP contribution is -2.20. The van der Waals surface area contributed by atoms with Crippen LogP contribution in [0.2, 0.25) is 0 Å². The molecule has 0 aliphatic carbocycles. The zero-order valence-corrected chi connectivity index (χ0v) is 7.52. The highest BCUT2D eigenvalue weighted by Crippen LogP contribution is 2.19. The Morgan fingerprint density at radius 2 is 2.31 bits per heavy atom. The molecule has 2 heterocycles.